The van der Waals surface area contributed by atoms with Gasteiger partial charge in [-0.15, -0.1) is 0 Å². The van der Waals surface area contributed by atoms with E-state index in [1.165, 1.54) is 43.9 Å². The molecule has 2 aliphatic rings. The molecular formula is C22H24N4. The van der Waals surface area contributed by atoms with Crippen LogP contribution in [0, 0.1) is 5.92 Å². The second kappa shape index (κ2) is 6.67. The van der Waals surface area contributed by atoms with Gasteiger partial charge in [0.05, 0.1) is 5.52 Å². The Bertz CT molecular complexity index is 906. The van der Waals surface area contributed by atoms with E-state index < -0.39 is 0 Å². The number of rotatable bonds is 2. The Hall–Kier alpha value is -2.49. The SMILES string of the molecule is c1cncc(-c2nc(N3CCCC4CCCCC43)c3ccccc3n2)c1. The van der Waals surface area contributed by atoms with Crippen molar-refractivity contribution in [3.63, 3.8) is 0 Å². The maximum Gasteiger partial charge on any atom is 0.163 e. The van der Waals surface area contributed by atoms with Crippen LogP contribution in [0.2, 0.25) is 0 Å². The van der Waals surface area contributed by atoms with Crippen molar-refractivity contribution in [3.8, 4) is 11.4 Å². The first-order valence-corrected chi connectivity index (χ1v) is 9.84. The lowest BCUT2D eigenvalue weighted by atomic mass is 9.78. The zero-order valence-corrected chi connectivity index (χ0v) is 15.0. The molecule has 1 aliphatic carbocycles. The lowest BCUT2D eigenvalue weighted by molar-refractivity contribution is 0.243. The minimum atomic E-state index is 0.637. The van der Waals surface area contributed by atoms with Crippen LogP contribution >= 0.6 is 0 Å². The van der Waals surface area contributed by atoms with E-state index in [1.54, 1.807) is 6.20 Å². The summed E-state index contributed by atoms with van der Waals surface area (Å²) >= 11 is 0. The van der Waals surface area contributed by atoms with Gasteiger partial charge in [0.25, 0.3) is 0 Å². The molecule has 0 N–H and O–H groups in total. The Labute approximate surface area is 154 Å². The monoisotopic (exact) mass is 344 g/mol. The van der Waals surface area contributed by atoms with E-state index in [0.29, 0.717) is 6.04 Å². The van der Waals surface area contributed by atoms with Crippen LogP contribution in [0.5, 0.6) is 0 Å². The lowest BCUT2D eigenvalue weighted by Crippen LogP contribution is -2.47. The maximum absolute atomic E-state index is 5.06. The topological polar surface area (TPSA) is 41.9 Å². The predicted molar refractivity (Wildman–Crippen MR) is 105 cm³/mol. The van der Waals surface area contributed by atoms with Crippen LogP contribution in [-0.4, -0.2) is 27.5 Å². The number of anilines is 1. The molecule has 0 amide bonds. The van der Waals surface area contributed by atoms with E-state index in [-0.39, 0.29) is 0 Å². The third-order valence-electron chi connectivity index (χ3n) is 6.02. The van der Waals surface area contributed by atoms with Crippen LogP contribution in [0.25, 0.3) is 22.3 Å². The number of aromatic nitrogens is 3. The van der Waals surface area contributed by atoms with Crippen molar-refractivity contribution in [1.82, 2.24) is 15.0 Å². The molecule has 1 aliphatic heterocycles. The van der Waals surface area contributed by atoms with E-state index in [0.717, 1.165) is 35.2 Å². The predicted octanol–water partition coefficient (Wildman–Crippen LogP) is 4.85. The normalized spacial score (nSPS) is 23.0. The standard InChI is InChI=1S/C22H24N4/c1-4-12-20-16(7-1)9-6-14-26(20)22-18-10-2-3-11-19(18)24-21(25-22)17-8-5-13-23-15-17/h2-3,5,8,10-11,13,15-16,20H,1,4,6-7,9,12,14H2. The van der Waals surface area contributed by atoms with Gasteiger partial charge in [-0.1, -0.05) is 25.0 Å². The molecule has 0 spiro atoms. The molecule has 2 fully saturated rings. The Morgan fingerprint density at radius 3 is 2.69 bits per heavy atom. The number of piperidine rings is 1. The van der Waals surface area contributed by atoms with Gasteiger partial charge in [0.2, 0.25) is 0 Å². The summed E-state index contributed by atoms with van der Waals surface area (Å²) in [5, 5.41) is 1.17. The zero-order chi connectivity index (χ0) is 17.3. The van der Waals surface area contributed by atoms with Crippen LogP contribution in [0.3, 0.4) is 0 Å². The molecule has 4 heteroatoms. The van der Waals surface area contributed by atoms with Gasteiger partial charge in [-0.25, -0.2) is 9.97 Å². The molecule has 3 aromatic rings. The summed E-state index contributed by atoms with van der Waals surface area (Å²) in [4.78, 5) is 16.7. The first-order chi connectivity index (χ1) is 12.9. The minimum absolute atomic E-state index is 0.637. The van der Waals surface area contributed by atoms with Gasteiger partial charge in [0.15, 0.2) is 5.82 Å². The largest absolute Gasteiger partial charge is 0.353 e. The van der Waals surface area contributed by atoms with Crippen LogP contribution < -0.4 is 4.90 Å². The van der Waals surface area contributed by atoms with Crippen molar-refractivity contribution in [2.24, 2.45) is 5.92 Å². The Morgan fingerprint density at radius 2 is 1.77 bits per heavy atom. The molecule has 1 aromatic carbocycles. The molecule has 1 saturated carbocycles. The summed E-state index contributed by atoms with van der Waals surface area (Å²) in [6.07, 6.45) is 11.7. The molecule has 2 aromatic heterocycles. The molecule has 0 radical (unpaired) electrons. The molecule has 26 heavy (non-hydrogen) atoms. The average Bonchev–Trinajstić information content (AvgIpc) is 2.73. The van der Waals surface area contributed by atoms with Crippen LogP contribution in [0.4, 0.5) is 5.82 Å². The Kier molecular flexibility index (Phi) is 4.04. The van der Waals surface area contributed by atoms with Gasteiger partial charge in [0.1, 0.15) is 5.82 Å². The molecule has 5 rings (SSSR count). The van der Waals surface area contributed by atoms with Crippen LogP contribution in [-0.2, 0) is 0 Å². The summed E-state index contributed by atoms with van der Waals surface area (Å²) < 4.78 is 0. The average molecular weight is 344 g/mol. The van der Waals surface area contributed by atoms with E-state index in [4.69, 9.17) is 9.97 Å². The second-order valence-corrected chi connectivity index (χ2v) is 7.58. The van der Waals surface area contributed by atoms with E-state index >= 15 is 0 Å². The third-order valence-corrected chi connectivity index (χ3v) is 6.02. The highest BCUT2D eigenvalue weighted by molar-refractivity contribution is 5.91. The van der Waals surface area contributed by atoms with Gasteiger partial charge in [-0.05, 0) is 55.9 Å². The number of hydrogen-bond donors (Lipinski definition) is 0. The number of fused-ring (bicyclic) bond motifs is 2. The number of pyridine rings is 1. The number of benzene rings is 1. The van der Waals surface area contributed by atoms with Gasteiger partial charge in [0, 0.05) is 35.9 Å². The van der Waals surface area contributed by atoms with Crippen molar-refractivity contribution in [1.29, 1.82) is 0 Å². The van der Waals surface area contributed by atoms with Crippen molar-refractivity contribution in [2.45, 2.75) is 44.6 Å². The van der Waals surface area contributed by atoms with Crippen molar-refractivity contribution < 1.29 is 0 Å². The smallest absolute Gasteiger partial charge is 0.163 e. The van der Waals surface area contributed by atoms with E-state index in [9.17, 15) is 0 Å². The van der Waals surface area contributed by atoms with Crippen molar-refractivity contribution >= 4 is 16.7 Å². The Balaban J connectivity index is 1.66. The highest BCUT2D eigenvalue weighted by Crippen LogP contribution is 2.39. The third kappa shape index (κ3) is 2.74. The van der Waals surface area contributed by atoms with E-state index in [1.807, 2.05) is 18.3 Å². The molecule has 132 valence electrons. The summed E-state index contributed by atoms with van der Waals surface area (Å²) in [6.45, 7) is 1.11. The van der Waals surface area contributed by atoms with Gasteiger partial charge in [-0.2, -0.15) is 0 Å². The lowest BCUT2D eigenvalue weighted by Gasteiger charge is -2.45. The second-order valence-electron chi connectivity index (χ2n) is 7.58. The fourth-order valence-corrected chi connectivity index (χ4v) is 4.79. The first kappa shape index (κ1) is 15.7. The molecule has 2 atom stereocenters. The summed E-state index contributed by atoms with van der Waals surface area (Å²) in [5.74, 6) is 2.73. The van der Waals surface area contributed by atoms with Crippen LogP contribution in [0.15, 0.2) is 48.8 Å². The zero-order valence-electron chi connectivity index (χ0n) is 15.0. The molecule has 0 bridgehead atoms. The van der Waals surface area contributed by atoms with E-state index in [2.05, 4.69) is 34.1 Å². The fraction of sp³-hybridized carbons (Fsp3) is 0.409. The summed E-state index contributed by atoms with van der Waals surface area (Å²) in [6, 6.07) is 13.1. The molecular weight excluding hydrogens is 320 g/mol. The van der Waals surface area contributed by atoms with Crippen molar-refractivity contribution in [2.75, 3.05) is 11.4 Å². The molecule has 3 heterocycles. The molecule has 1 saturated heterocycles. The van der Waals surface area contributed by atoms with Gasteiger partial charge in [-0.3, -0.25) is 4.98 Å². The number of para-hydroxylation sites is 1. The molecule has 4 nitrogen and oxygen atoms in total. The van der Waals surface area contributed by atoms with Crippen LogP contribution in [0.1, 0.15) is 38.5 Å². The maximum atomic E-state index is 5.06. The van der Waals surface area contributed by atoms with Gasteiger partial charge < -0.3 is 4.90 Å². The fourth-order valence-electron chi connectivity index (χ4n) is 4.79. The number of hydrogen-bond acceptors (Lipinski definition) is 4. The first-order valence-electron chi connectivity index (χ1n) is 9.84. The highest BCUT2D eigenvalue weighted by Gasteiger charge is 2.34. The summed E-state index contributed by atoms with van der Waals surface area (Å²) in [7, 11) is 0. The Morgan fingerprint density at radius 1 is 0.885 bits per heavy atom. The quantitative estimate of drug-likeness (QED) is 0.666. The molecule has 2 unspecified atom stereocenters. The van der Waals surface area contributed by atoms with Crippen molar-refractivity contribution in [3.05, 3.63) is 48.8 Å². The summed E-state index contributed by atoms with van der Waals surface area (Å²) in [5.41, 5.74) is 2.01. The highest BCUT2D eigenvalue weighted by atomic mass is 15.2. The number of nitrogens with zero attached hydrogens (tertiary/aromatic N) is 4. The van der Waals surface area contributed by atoms with Gasteiger partial charge >= 0.3 is 0 Å². The minimum Gasteiger partial charge on any atom is -0.353 e.